The van der Waals surface area contributed by atoms with Gasteiger partial charge >= 0.3 is 0 Å². The second-order valence-electron chi connectivity index (χ2n) is 4.07. The summed E-state index contributed by atoms with van der Waals surface area (Å²) in [6, 6.07) is 6.19. The molecule has 0 radical (unpaired) electrons. The van der Waals surface area contributed by atoms with Crippen LogP contribution in [0.25, 0.3) is 0 Å². The maximum absolute atomic E-state index is 12.3. The van der Waals surface area contributed by atoms with Gasteiger partial charge in [-0.3, -0.25) is 4.72 Å². The lowest BCUT2D eigenvalue weighted by Gasteiger charge is -2.11. The summed E-state index contributed by atoms with van der Waals surface area (Å²) in [6.45, 7) is -0.324. The highest BCUT2D eigenvalue weighted by molar-refractivity contribution is 7.93. The van der Waals surface area contributed by atoms with Gasteiger partial charge in [0.05, 0.1) is 31.4 Å². The molecule has 0 unspecified atom stereocenters. The Morgan fingerprint density at radius 1 is 1.19 bits per heavy atom. The average Bonchev–Trinajstić information content (AvgIpc) is 2.95. The molecule has 2 aromatic rings. The van der Waals surface area contributed by atoms with Crippen molar-refractivity contribution < 1.29 is 23.0 Å². The minimum Gasteiger partial charge on any atom is -0.497 e. The smallest absolute Gasteiger partial charge is 0.263 e. The molecule has 0 spiro atoms. The highest BCUT2D eigenvalue weighted by Crippen LogP contribution is 2.29. The molecule has 1 aromatic heterocycles. The molecule has 0 aliphatic heterocycles. The van der Waals surface area contributed by atoms with Gasteiger partial charge in [0.1, 0.15) is 16.4 Å². The number of thiophene rings is 1. The number of anilines is 1. The van der Waals surface area contributed by atoms with Crippen molar-refractivity contribution in [2.24, 2.45) is 0 Å². The largest absolute Gasteiger partial charge is 0.497 e. The minimum atomic E-state index is -3.77. The van der Waals surface area contributed by atoms with Crippen molar-refractivity contribution in [1.82, 2.24) is 0 Å². The second kappa shape index (κ2) is 6.33. The first kappa shape index (κ1) is 15.6. The molecule has 0 amide bonds. The number of rotatable bonds is 6. The molecule has 21 heavy (non-hydrogen) atoms. The zero-order chi connectivity index (χ0) is 15.5. The van der Waals surface area contributed by atoms with E-state index < -0.39 is 10.0 Å². The fourth-order valence-corrected chi connectivity index (χ4v) is 4.10. The monoisotopic (exact) mass is 329 g/mol. The number of sulfonamides is 1. The van der Waals surface area contributed by atoms with Crippen LogP contribution in [0.4, 0.5) is 5.69 Å². The van der Waals surface area contributed by atoms with E-state index in [0.717, 1.165) is 0 Å². The molecule has 1 heterocycles. The van der Waals surface area contributed by atoms with Crippen molar-refractivity contribution in [2.45, 2.75) is 11.5 Å². The van der Waals surface area contributed by atoms with Crippen molar-refractivity contribution in [3.05, 3.63) is 34.5 Å². The lowest BCUT2D eigenvalue weighted by molar-refractivity contribution is 0.282. The summed E-state index contributed by atoms with van der Waals surface area (Å²) in [5.74, 6) is 0.944. The Labute approximate surface area is 127 Å². The summed E-state index contributed by atoms with van der Waals surface area (Å²) in [4.78, 5) is 0.453. The molecule has 0 saturated heterocycles. The fourth-order valence-electron chi connectivity index (χ4n) is 1.76. The second-order valence-corrected chi connectivity index (χ2v) is 6.72. The van der Waals surface area contributed by atoms with E-state index in [-0.39, 0.29) is 11.5 Å². The minimum absolute atomic E-state index is 0.0665. The van der Waals surface area contributed by atoms with Crippen molar-refractivity contribution in [3.8, 4) is 11.5 Å². The number of aliphatic hydroxyl groups is 1. The van der Waals surface area contributed by atoms with Gasteiger partial charge in [-0.05, 0) is 11.4 Å². The first-order valence-corrected chi connectivity index (χ1v) is 8.29. The number of hydrogen-bond donors (Lipinski definition) is 2. The van der Waals surface area contributed by atoms with Crippen LogP contribution in [-0.4, -0.2) is 27.7 Å². The maximum atomic E-state index is 12.3. The summed E-state index contributed by atoms with van der Waals surface area (Å²) in [6.07, 6.45) is 0. The molecular weight excluding hydrogens is 314 g/mol. The third kappa shape index (κ3) is 3.46. The van der Waals surface area contributed by atoms with Gasteiger partial charge in [-0.2, -0.15) is 0 Å². The molecule has 0 fully saturated rings. The van der Waals surface area contributed by atoms with E-state index in [0.29, 0.717) is 22.1 Å². The summed E-state index contributed by atoms with van der Waals surface area (Å²) in [7, 11) is -0.810. The molecule has 2 rings (SSSR count). The molecule has 0 aliphatic carbocycles. The van der Waals surface area contributed by atoms with Crippen LogP contribution < -0.4 is 14.2 Å². The number of hydrogen-bond acceptors (Lipinski definition) is 6. The van der Waals surface area contributed by atoms with Crippen LogP contribution in [0.15, 0.2) is 34.5 Å². The van der Waals surface area contributed by atoms with Gasteiger partial charge in [0.25, 0.3) is 10.0 Å². The number of nitrogens with one attached hydrogen (secondary N) is 1. The van der Waals surface area contributed by atoms with Gasteiger partial charge in [-0.25, -0.2) is 8.42 Å². The first-order valence-electron chi connectivity index (χ1n) is 5.93. The third-order valence-corrected chi connectivity index (χ3v) is 5.24. The summed E-state index contributed by atoms with van der Waals surface area (Å²) < 4.78 is 37.3. The summed E-state index contributed by atoms with van der Waals surface area (Å²) in [5, 5.41) is 10.8. The Morgan fingerprint density at radius 3 is 2.33 bits per heavy atom. The van der Waals surface area contributed by atoms with Crippen LogP contribution in [-0.2, 0) is 16.6 Å². The Morgan fingerprint density at radius 2 is 1.81 bits per heavy atom. The van der Waals surface area contributed by atoms with Gasteiger partial charge < -0.3 is 14.6 Å². The quantitative estimate of drug-likeness (QED) is 0.847. The van der Waals surface area contributed by atoms with Crippen LogP contribution >= 0.6 is 11.3 Å². The molecule has 0 saturated carbocycles. The highest BCUT2D eigenvalue weighted by Gasteiger charge is 2.20. The SMILES string of the molecule is COc1cc(NS(=O)(=O)c2ccsc2CO)cc(OC)c1. The number of aliphatic hydroxyl groups excluding tert-OH is 1. The molecule has 2 N–H and O–H groups in total. The maximum Gasteiger partial charge on any atom is 0.263 e. The van der Waals surface area contributed by atoms with Crippen LogP contribution in [0.3, 0.4) is 0 Å². The number of benzene rings is 1. The Kier molecular flexibility index (Phi) is 4.71. The van der Waals surface area contributed by atoms with Crippen molar-refractivity contribution in [2.75, 3.05) is 18.9 Å². The zero-order valence-electron chi connectivity index (χ0n) is 11.5. The fraction of sp³-hybridized carbons (Fsp3) is 0.231. The third-order valence-electron chi connectivity index (χ3n) is 2.74. The predicted octanol–water partition coefficient (Wildman–Crippen LogP) is 2.06. The average molecular weight is 329 g/mol. The topological polar surface area (TPSA) is 84.9 Å². The van der Waals surface area contributed by atoms with Gasteiger partial charge in [-0.15, -0.1) is 11.3 Å². The lowest BCUT2D eigenvalue weighted by Crippen LogP contribution is -2.13. The summed E-state index contributed by atoms with van der Waals surface area (Å²) in [5.41, 5.74) is 0.321. The number of ether oxygens (including phenoxy) is 2. The summed E-state index contributed by atoms with van der Waals surface area (Å²) >= 11 is 1.18. The standard InChI is InChI=1S/C13H15NO5S2/c1-18-10-5-9(6-11(7-10)19-2)14-21(16,17)13-3-4-20-12(13)8-15/h3-7,14-15H,8H2,1-2H3. The molecular formula is C13H15NO5S2. The van der Waals surface area contributed by atoms with E-state index in [2.05, 4.69) is 4.72 Å². The highest BCUT2D eigenvalue weighted by atomic mass is 32.2. The number of methoxy groups -OCH3 is 2. The van der Waals surface area contributed by atoms with E-state index in [1.54, 1.807) is 23.6 Å². The van der Waals surface area contributed by atoms with Gasteiger partial charge in [0.15, 0.2) is 0 Å². The lowest BCUT2D eigenvalue weighted by atomic mass is 10.3. The normalized spacial score (nSPS) is 11.2. The van der Waals surface area contributed by atoms with Gasteiger partial charge in [0.2, 0.25) is 0 Å². The van der Waals surface area contributed by atoms with Crippen LogP contribution in [0.1, 0.15) is 4.88 Å². The first-order chi connectivity index (χ1) is 10.00. The Hall–Kier alpha value is -1.77. The molecule has 0 aliphatic rings. The molecule has 1 aromatic carbocycles. The van der Waals surface area contributed by atoms with E-state index >= 15 is 0 Å². The zero-order valence-corrected chi connectivity index (χ0v) is 13.1. The predicted molar refractivity (Wildman–Crippen MR) is 80.6 cm³/mol. The van der Waals surface area contributed by atoms with Crippen molar-refractivity contribution in [3.63, 3.8) is 0 Å². The molecule has 0 atom stereocenters. The molecule has 114 valence electrons. The van der Waals surface area contributed by atoms with E-state index in [4.69, 9.17) is 9.47 Å². The van der Waals surface area contributed by atoms with E-state index in [1.165, 1.54) is 31.6 Å². The van der Waals surface area contributed by atoms with Crippen molar-refractivity contribution >= 4 is 27.0 Å². The van der Waals surface area contributed by atoms with Gasteiger partial charge in [-0.1, -0.05) is 0 Å². The van der Waals surface area contributed by atoms with Crippen LogP contribution in [0.2, 0.25) is 0 Å². The van der Waals surface area contributed by atoms with Crippen LogP contribution in [0, 0.1) is 0 Å². The van der Waals surface area contributed by atoms with E-state index in [9.17, 15) is 13.5 Å². The van der Waals surface area contributed by atoms with Gasteiger partial charge in [0, 0.05) is 18.2 Å². The molecule has 8 heteroatoms. The Balaban J connectivity index is 2.36. The van der Waals surface area contributed by atoms with E-state index in [1.807, 2.05) is 0 Å². The Bertz CT molecular complexity index is 702. The molecule has 0 bridgehead atoms. The molecule has 6 nitrogen and oxygen atoms in total. The van der Waals surface area contributed by atoms with Crippen molar-refractivity contribution in [1.29, 1.82) is 0 Å². The van der Waals surface area contributed by atoms with Crippen LogP contribution in [0.5, 0.6) is 11.5 Å².